The van der Waals surface area contributed by atoms with E-state index in [1.807, 2.05) is 0 Å². The zero-order valence-corrected chi connectivity index (χ0v) is 17.8. The number of rotatable bonds is 11. The Bertz CT molecular complexity index is 1110. The summed E-state index contributed by atoms with van der Waals surface area (Å²) in [5.41, 5.74) is 2.19. The molecule has 3 aromatic rings. The number of ether oxygens (including phenoxy) is 1. The number of aromatic nitrogens is 4. The van der Waals surface area contributed by atoms with Gasteiger partial charge in [-0.05, 0) is 31.0 Å². The van der Waals surface area contributed by atoms with Gasteiger partial charge in [0.05, 0.1) is 36.1 Å². The Morgan fingerprint density at radius 3 is 2.82 bits per heavy atom. The van der Waals surface area contributed by atoms with Gasteiger partial charge in [0.25, 0.3) is 0 Å². The van der Waals surface area contributed by atoms with E-state index in [4.69, 9.17) is 9.84 Å². The van der Waals surface area contributed by atoms with Crippen molar-refractivity contribution in [2.45, 2.75) is 38.7 Å². The Morgan fingerprint density at radius 2 is 2.12 bits per heavy atom. The van der Waals surface area contributed by atoms with Gasteiger partial charge in [-0.25, -0.2) is 8.78 Å². The Hall–Kier alpha value is -3.28. The number of fused-ring (bicyclic) bond motifs is 1. The van der Waals surface area contributed by atoms with Crippen molar-refractivity contribution in [1.29, 1.82) is 0 Å². The van der Waals surface area contributed by atoms with Crippen molar-refractivity contribution in [3.05, 3.63) is 47.7 Å². The quantitative estimate of drug-likeness (QED) is 0.331. The van der Waals surface area contributed by atoms with Crippen LogP contribution in [-0.2, 0) is 17.8 Å². The summed E-state index contributed by atoms with van der Waals surface area (Å²) in [5, 5.41) is 16.6. The van der Waals surface area contributed by atoms with Crippen molar-refractivity contribution in [3.8, 4) is 5.75 Å². The van der Waals surface area contributed by atoms with Gasteiger partial charge in [0.2, 0.25) is 5.91 Å². The molecule has 0 aliphatic carbocycles. The van der Waals surface area contributed by atoms with Crippen LogP contribution in [-0.4, -0.2) is 62.9 Å². The fraction of sp³-hybridized carbons (Fsp3) is 0.429. The molecule has 3 heterocycles. The van der Waals surface area contributed by atoms with E-state index >= 15 is 0 Å². The first-order valence-corrected chi connectivity index (χ1v) is 10.1. The zero-order valence-electron chi connectivity index (χ0n) is 17.8. The third kappa shape index (κ3) is 6.37. The Balaban J connectivity index is 1.69. The summed E-state index contributed by atoms with van der Waals surface area (Å²) in [6.45, 7) is 0.752. The van der Waals surface area contributed by atoms with Gasteiger partial charge in [0.1, 0.15) is 5.75 Å². The highest BCUT2D eigenvalue weighted by atomic mass is 19.3. The molecule has 0 aliphatic rings. The molecule has 33 heavy (non-hydrogen) atoms. The topological polar surface area (TPSA) is 102 Å². The van der Waals surface area contributed by atoms with Crippen LogP contribution in [0.15, 0.2) is 30.7 Å². The molecule has 1 amide bonds. The zero-order chi connectivity index (χ0) is 24.0. The van der Waals surface area contributed by atoms with Crippen LogP contribution in [0.2, 0.25) is 0 Å². The van der Waals surface area contributed by atoms with E-state index in [0.29, 0.717) is 40.8 Å². The number of aryl methyl sites for hydroxylation is 1. The van der Waals surface area contributed by atoms with Crippen LogP contribution in [0.3, 0.4) is 0 Å². The molecule has 0 saturated heterocycles. The molecule has 0 fully saturated rings. The number of nitrogens with one attached hydrogen (secondary N) is 1. The molecule has 178 valence electrons. The van der Waals surface area contributed by atoms with Crippen molar-refractivity contribution in [2.24, 2.45) is 0 Å². The number of aliphatic hydroxyl groups excluding tert-OH is 1. The van der Waals surface area contributed by atoms with E-state index in [2.05, 4.69) is 20.4 Å². The molecule has 12 heteroatoms. The fourth-order valence-corrected chi connectivity index (χ4v) is 3.03. The van der Waals surface area contributed by atoms with Crippen LogP contribution >= 0.6 is 0 Å². The summed E-state index contributed by atoms with van der Waals surface area (Å²) in [6, 6.07) is 3.30. The number of carbonyl (C=O) groups is 1. The van der Waals surface area contributed by atoms with Crippen LogP contribution in [0, 0.1) is 6.92 Å². The van der Waals surface area contributed by atoms with Crippen molar-refractivity contribution >= 4 is 16.8 Å². The highest BCUT2D eigenvalue weighted by Gasteiger charge is 2.41. The van der Waals surface area contributed by atoms with Gasteiger partial charge >= 0.3 is 12.3 Å². The van der Waals surface area contributed by atoms with Gasteiger partial charge < -0.3 is 15.2 Å². The number of carbonyl (C=O) groups excluding carboxylic acids is 1. The second-order valence-electron chi connectivity index (χ2n) is 7.41. The van der Waals surface area contributed by atoms with Crippen LogP contribution in [0.1, 0.15) is 23.4 Å². The minimum absolute atomic E-state index is 0.0102. The van der Waals surface area contributed by atoms with Gasteiger partial charge in [0.15, 0.2) is 6.61 Å². The number of hydrogen-bond acceptors (Lipinski definition) is 6. The molecule has 2 N–H and O–H groups in total. The third-order valence-electron chi connectivity index (χ3n) is 4.73. The minimum Gasteiger partial charge on any atom is -0.485 e. The van der Waals surface area contributed by atoms with Gasteiger partial charge in [-0.15, -0.1) is 0 Å². The van der Waals surface area contributed by atoms with Gasteiger partial charge in [-0.1, -0.05) is 0 Å². The maximum Gasteiger partial charge on any atom is 0.340 e. The number of aliphatic hydroxyl groups is 1. The Morgan fingerprint density at radius 1 is 1.33 bits per heavy atom. The van der Waals surface area contributed by atoms with Gasteiger partial charge in [-0.3, -0.25) is 19.4 Å². The van der Waals surface area contributed by atoms with Crippen LogP contribution in [0.25, 0.3) is 10.9 Å². The summed E-state index contributed by atoms with van der Waals surface area (Å²) in [4.78, 5) is 20.5. The normalized spacial score (nSPS) is 11.8. The standard InChI is InChI=1S/C21H23F4N5O3/c1-13-7-14(28-9-18(13)33-12-21(24,25)20(22)23)10-30-11-15-16(29-30)3-5-26-17(15)8-19(32)27-4-2-6-31/h3,5,7,9,11,20,31H,2,4,6,8,10,12H2,1H3,(H,27,32). The lowest BCUT2D eigenvalue weighted by Crippen LogP contribution is -2.33. The van der Waals surface area contributed by atoms with E-state index in [9.17, 15) is 22.4 Å². The van der Waals surface area contributed by atoms with E-state index in [-0.39, 0.29) is 31.2 Å². The molecular weight excluding hydrogens is 446 g/mol. The van der Waals surface area contributed by atoms with Crippen LogP contribution < -0.4 is 10.1 Å². The maximum absolute atomic E-state index is 13.1. The smallest absolute Gasteiger partial charge is 0.340 e. The molecule has 0 unspecified atom stereocenters. The van der Waals surface area contributed by atoms with Crippen molar-refractivity contribution in [2.75, 3.05) is 19.8 Å². The average molecular weight is 469 g/mol. The molecule has 3 rings (SSSR count). The van der Waals surface area contributed by atoms with Crippen LogP contribution in [0.4, 0.5) is 17.6 Å². The molecule has 0 aromatic carbocycles. The van der Waals surface area contributed by atoms with Crippen molar-refractivity contribution in [1.82, 2.24) is 25.1 Å². The number of pyridine rings is 2. The maximum atomic E-state index is 13.1. The Kier molecular flexibility index (Phi) is 7.79. The number of alkyl halides is 4. The largest absolute Gasteiger partial charge is 0.485 e. The molecule has 0 saturated carbocycles. The molecule has 0 bridgehead atoms. The lowest BCUT2D eigenvalue weighted by Gasteiger charge is -2.17. The predicted octanol–water partition coefficient (Wildman–Crippen LogP) is 2.50. The first kappa shape index (κ1) is 24.4. The summed E-state index contributed by atoms with van der Waals surface area (Å²) >= 11 is 0. The number of hydrogen-bond donors (Lipinski definition) is 2. The molecular formula is C21H23F4N5O3. The minimum atomic E-state index is -4.25. The molecule has 8 nitrogen and oxygen atoms in total. The average Bonchev–Trinajstić information content (AvgIpc) is 3.17. The first-order chi connectivity index (χ1) is 15.7. The predicted molar refractivity (Wildman–Crippen MR) is 110 cm³/mol. The molecule has 0 radical (unpaired) electrons. The van der Waals surface area contributed by atoms with Crippen LogP contribution in [0.5, 0.6) is 5.75 Å². The van der Waals surface area contributed by atoms with E-state index in [1.54, 1.807) is 36.1 Å². The summed E-state index contributed by atoms with van der Waals surface area (Å²) in [7, 11) is 0. The SMILES string of the molecule is Cc1cc(Cn2cc3c(CC(=O)NCCCO)nccc3n2)ncc1OCC(F)(F)C(F)F. The number of nitrogens with zero attached hydrogens (tertiary/aromatic N) is 4. The van der Waals surface area contributed by atoms with Gasteiger partial charge in [-0.2, -0.15) is 13.9 Å². The second kappa shape index (κ2) is 10.6. The molecule has 0 atom stereocenters. The highest BCUT2D eigenvalue weighted by Crippen LogP contribution is 2.26. The lowest BCUT2D eigenvalue weighted by molar-refractivity contribution is -0.148. The highest BCUT2D eigenvalue weighted by molar-refractivity contribution is 5.86. The first-order valence-electron chi connectivity index (χ1n) is 10.1. The third-order valence-corrected chi connectivity index (χ3v) is 4.73. The summed E-state index contributed by atoms with van der Waals surface area (Å²) < 4.78 is 57.2. The van der Waals surface area contributed by atoms with E-state index < -0.39 is 19.0 Å². The molecule has 0 spiro atoms. The number of halogens is 4. The number of amides is 1. The lowest BCUT2D eigenvalue weighted by atomic mass is 10.2. The van der Waals surface area contributed by atoms with Gasteiger partial charge in [0, 0.05) is 30.9 Å². The fourth-order valence-electron chi connectivity index (χ4n) is 3.03. The monoisotopic (exact) mass is 469 g/mol. The summed E-state index contributed by atoms with van der Waals surface area (Å²) in [5.74, 6) is -4.48. The molecule has 0 aliphatic heterocycles. The van der Waals surface area contributed by atoms with Crippen molar-refractivity contribution in [3.63, 3.8) is 0 Å². The van der Waals surface area contributed by atoms with E-state index in [0.717, 1.165) is 0 Å². The Labute approximate surface area is 186 Å². The molecule has 3 aromatic heterocycles. The second-order valence-corrected chi connectivity index (χ2v) is 7.41. The van der Waals surface area contributed by atoms with Crippen molar-refractivity contribution < 1.29 is 32.2 Å². The van der Waals surface area contributed by atoms with E-state index in [1.165, 1.54) is 6.20 Å². The summed E-state index contributed by atoms with van der Waals surface area (Å²) in [6.07, 6.45) is 1.19.